The molecule has 0 radical (unpaired) electrons. The number of imide groups is 2. The second-order valence-corrected chi connectivity index (χ2v) is 15.9. The van der Waals surface area contributed by atoms with Crippen LogP contribution in [0.15, 0.2) is 41.3 Å². The van der Waals surface area contributed by atoms with Gasteiger partial charge in [0.1, 0.15) is 11.9 Å². The lowest BCUT2D eigenvalue weighted by Crippen LogP contribution is -2.54. The van der Waals surface area contributed by atoms with Crippen molar-refractivity contribution in [3.8, 4) is 0 Å². The normalized spacial score (nSPS) is 24.4. The molecule has 300 valence electrons. The number of carbonyl (C=O) groups is 6. The SMILES string of the molecule is CN=CC(=CN)Nc1nc(N2CCCC(N3CCC4(CCN(CC5CN(c6ccc7c(c6)C(=O)N(C6CCC(=O)NC6=O)C7=O)C5)CC4)C3=O)C2)cnc1C(N)=O. The first-order chi connectivity index (χ1) is 27.5. The molecule has 6 amide bonds. The minimum absolute atomic E-state index is 0.00842. The molecule has 0 saturated carbocycles. The molecule has 18 nitrogen and oxygen atoms in total. The van der Waals surface area contributed by atoms with E-state index in [0.29, 0.717) is 24.0 Å². The lowest BCUT2D eigenvalue weighted by Gasteiger charge is -2.46. The Hall–Kier alpha value is -5.91. The summed E-state index contributed by atoms with van der Waals surface area (Å²) < 4.78 is 0. The van der Waals surface area contributed by atoms with E-state index in [1.54, 1.807) is 25.4 Å². The molecule has 6 aliphatic heterocycles. The molecule has 57 heavy (non-hydrogen) atoms. The highest BCUT2D eigenvalue weighted by atomic mass is 16.2. The highest BCUT2D eigenvalue weighted by molar-refractivity contribution is 6.23. The van der Waals surface area contributed by atoms with E-state index in [0.717, 1.165) is 88.5 Å². The van der Waals surface area contributed by atoms with Crippen molar-refractivity contribution in [2.24, 2.45) is 27.8 Å². The number of piperidine rings is 3. The van der Waals surface area contributed by atoms with Gasteiger partial charge in [-0.2, -0.15) is 0 Å². The smallest absolute Gasteiger partial charge is 0.271 e. The fraction of sp³-hybridized carbons (Fsp3) is 0.513. The third-order valence-corrected chi connectivity index (χ3v) is 12.5. The van der Waals surface area contributed by atoms with E-state index in [1.807, 2.05) is 6.07 Å². The Labute approximate surface area is 329 Å². The summed E-state index contributed by atoms with van der Waals surface area (Å²) in [6, 6.07) is 4.31. The van der Waals surface area contributed by atoms with Gasteiger partial charge in [-0.1, -0.05) is 0 Å². The van der Waals surface area contributed by atoms with Gasteiger partial charge in [0, 0.05) is 82.8 Å². The Balaban J connectivity index is 0.832. The molecule has 6 aliphatic rings. The van der Waals surface area contributed by atoms with Crippen LogP contribution >= 0.6 is 0 Å². The number of hydrogen-bond acceptors (Lipinski definition) is 14. The predicted molar refractivity (Wildman–Crippen MR) is 209 cm³/mol. The van der Waals surface area contributed by atoms with Crippen LogP contribution in [0.2, 0.25) is 0 Å². The number of primary amides is 1. The zero-order chi connectivity index (χ0) is 40.0. The van der Waals surface area contributed by atoms with Gasteiger partial charge in [-0.25, -0.2) is 9.97 Å². The predicted octanol–water partition coefficient (Wildman–Crippen LogP) is 0.309. The molecule has 0 bridgehead atoms. The van der Waals surface area contributed by atoms with E-state index in [1.165, 1.54) is 12.4 Å². The van der Waals surface area contributed by atoms with Crippen molar-refractivity contribution in [1.82, 2.24) is 30.0 Å². The molecule has 2 unspecified atom stereocenters. The summed E-state index contributed by atoms with van der Waals surface area (Å²) >= 11 is 0. The number of nitrogens with one attached hydrogen (secondary N) is 2. The summed E-state index contributed by atoms with van der Waals surface area (Å²) in [4.78, 5) is 99.5. The zero-order valence-electron chi connectivity index (χ0n) is 32.0. The maximum Gasteiger partial charge on any atom is 0.271 e. The van der Waals surface area contributed by atoms with Gasteiger partial charge in [-0.3, -0.25) is 44.0 Å². The third kappa shape index (κ3) is 7.06. The first-order valence-corrected chi connectivity index (χ1v) is 19.7. The lowest BCUT2D eigenvalue weighted by atomic mass is 9.76. The van der Waals surface area contributed by atoms with E-state index in [-0.39, 0.29) is 52.8 Å². The van der Waals surface area contributed by atoms with Crippen LogP contribution < -0.4 is 31.9 Å². The van der Waals surface area contributed by atoms with Crippen molar-refractivity contribution in [2.75, 3.05) is 74.5 Å². The average Bonchev–Trinajstić information content (AvgIpc) is 3.64. The number of amides is 6. The van der Waals surface area contributed by atoms with Crippen LogP contribution in [0, 0.1) is 11.3 Å². The van der Waals surface area contributed by atoms with Crippen LogP contribution in [0.5, 0.6) is 0 Å². The maximum atomic E-state index is 14.2. The van der Waals surface area contributed by atoms with Crippen LogP contribution in [0.3, 0.4) is 0 Å². The summed E-state index contributed by atoms with van der Waals surface area (Å²) in [6.07, 6.45) is 8.86. The molecule has 2 aromatic rings. The first-order valence-electron chi connectivity index (χ1n) is 19.7. The Kier molecular flexibility index (Phi) is 10.1. The molecule has 1 aromatic heterocycles. The number of nitrogens with two attached hydrogens (primary N) is 2. The van der Waals surface area contributed by atoms with Gasteiger partial charge in [0.2, 0.25) is 17.7 Å². The van der Waals surface area contributed by atoms with Gasteiger partial charge in [0.05, 0.1) is 28.4 Å². The molecular formula is C39H48N12O6. The number of fused-ring (bicyclic) bond motifs is 1. The summed E-state index contributed by atoms with van der Waals surface area (Å²) in [5.41, 5.74) is 12.8. The molecule has 5 fully saturated rings. The molecule has 2 atom stereocenters. The molecule has 7 heterocycles. The number of benzene rings is 1. The number of nitrogens with zero attached hydrogens (tertiary/aromatic N) is 8. The molecule has 0 aliphatic carbocycles. The van der Waals surface area contributed by atoms with Gasteiger partial charge in [-0.05, 0) is 69.8 Å². The molecule has 1 aromatic carbocycles. The fourth-order valence-corrected chi connectivity index (χ4v) is 9.35. The van der Waals surface area contributed by atoms with Crippen molar-refractivity contribution in [1.29, 1.82) is 0 Å². The Morgan fingerprint density at radius 1 is 1.00 bits per heavy atom. The molecule has 5 saturated heterocycles. The van der Waals surface area contributed by atoms with Crippen LogP contribution in [-0.4, -0.2) is 138 Å². The highest BCUT2D eigenvalue weighted by Gasteiger charge is 2.51. The molecular weight excluding hydrogens is 733 g/mol. The number of aromatic nitrogens is 2. The largest absolute Gasteiger partial charge is 0.403 e. The summed E-state index contributed by atoms with van der Waals surface area (Å²) in [5.74, 6) is -1.30. The number of allylic oxidation sites excluding steroid dienone is 1. The highest BCUT2D eigenvalue weighted by Crippen LogP contribution is 2.44. The van der Waals surface area contributed by atoms with Gasteiger partial charge in [-0.15, -0.1) is 0 Å². The Morgan fingerprint density at radius 2 is 1.75 bits per heavy atom. The number of aliphatic imine (C=N–C) groups is 1. The summed E-state index contributed by atoms with van der Waals surface area (Å²) in [5, 5.41) is 5.23. The van der Waals surface area contributed by atoms with E-state index in [4.69, 9.17) is 16.5 Å². The van der Waals surface area contributed by atoms with Crippen molar-refractivity contribution < 1.29 is 28.8 Å². The topological polar surface area (TPSA) is 233 Å². The number of rotatable bonds is 10. The van der Waals surface area contributed by atoms with E-state index in [2.05, 4.69) is 40.2 Å². The monoisotopic (exact) mass is 780 g/mol. The molecule has 8 rings (SSSR count). The molecule has 6 N–H and O–H groups in total. The van der Waals surface area contributed by atoms with Crippen LogP contribution in [0.1, 0.15) is 76.2 Å². The molecule has 18 heteroatoms. The van der Waals surface area contributed by atoms with E-state index in [9.17, 15) is 28.8 Å². The number of likely N-dealkylation sites (tertiary alicyclic amines) is 2. The fourth-order valence-electron chi connectivity index (χ4n) is 9.35. The van der Waals surface area contributed by atoms with Crippen LogP contribution in [0.25, 0.3) is 0 Å². The van der Waals surface area contributed by atoms with Crippen LogP contribution in [-0.2, 0) is 14.4 Å². The second-order valence-electron chi connectivity index (χ2n) is 15.9. The lowest BCUT2D eigenvalue weighted by molar-refractivity contribution is -0.140. The minimum Gasteiger partial charge on any atom is -0.403 e. The number of anilines is 3. The number of carbonyl (C=O) groups excluding carboxylic acids is 6. The van der Waals surface area contributed by atoms with Gasteiger partial charge >= 0.3 is 0 Å². The molecule has 1 spiro atoms. The van der Waals surface area contributed by atoms with E-state index < -0.39 is 35.6 Å². The van der Waals surface area contributed by atoms with Crippen molar-refractivity contribution in [2.45, 2.75) is 57.0 Å². The van der Waals surface area contributed by atoms with Gasteiger partial charge < -0.3 is 36.4 Å². The Morgan fingerprint density at radius 3 is 2.47 bits per heavy atom. The maximum absolute atomic E-state index is 14.2. The minimum atomic E-state index is -0.987. The third-order valence-electron chi connectivity index (χ3n) is 12.5. The first kappa shape index (κ1) is 38.0. The average molecular weight is 781 g/mol. The number of hydrogen-bond donors (Lipinski definition) is 4. The van der Waals surface area contributed by atoms with Crippen molar-refractivity contribution >= 4 is 59.0 Å². The quantitative estimate of drug-likeness (QED) is 0.188. The van der Waals surface area contributed by atoms with Gasteiger partial charge in [0.15, 0.2) is 11.5 Å². The van der Waals surface area contributed by atoms with Gasteiger partial charge in [0.25, 0.3) is 17.7 Å². The second kappa shape index (κ2) is 15.2. The van der Waals surface area contributed by atoms with Crippen LogP contribution in [0.4, 0.5) is 17.3 Å². The summed E-state index contributed by atoms with van der Waals surface area (Å²) in [7, 11) is 1.60. The summed E-state index contributed by atoms with van der Waals surface area (Å²) in [6.45, 7) is 6.35. The van der Waals surface area contributed by atoms with E-state index >= 15 is 0 Å². The zero-order valence-corrected chi connectivity index (χ0v) is 32.0. The van der Waals surface area contributed by atoms with Crippen molar-refractivity contribution in [3.05, 3.63) is 53.1 Å². The standard InChI is InChI=1S/C39H48N12O6/c1-42-17-24(16-40)44-34-32(33(41)53)43-18-30(45-34)48-11-2-3-26(22-48)50-14-10-39(38(50)57)8-12-47(13-9-39)19-23-20-49(21-23)25-4-5-27-28(15-25)37(56)51(36(27)55)29-6-7-31(52)46-35(29)54/h4-5,15-18,23,26,29H,2-3,6-14,19-22,40H2,1H3,(H2,41,53)(H,44,45)(H,46,52,54). The van der Waals surface area contributed by atoms with Crippen molar-refractivity contribution in [3.63, 3.8) is 0 Å². The Bertz CT molecular complexity index is 2070.